The van der Waals surface area contributed by atoms with Crippen molar-refractivity contribution in [2.45, 2.75) is 0 Å². The second-order valence-corrected chi connectivity index (χ2v) is 10.4. The van der Waals surface area contributed by atoms with E-state index in [1.54, 1.807) is 71.6 Å². The van der Waals surface area contributed by atoms with E-state index in [1.807, 2.05) is 23.1 Å². The number of nitrogens with zero attached hydrogens (tertiary/aromatic N) is 2. The lowest BCUT2D eigenvalue weighted by atomic mass is 10.0. The molecule has 1 aliphatic heterocycles. The van der Waals surface area contributed by atoms with Crippen molar-refractivity contribution in [3.8, 4) is 11.1 Å². The first-order chi connectivity index (χ1) is 20.4. The van der Waals surface area contributed by atoms with E-state index < -0.39 is 11.4 Å². The Morgan fingerprint density at radius 1 is 0.833 bits per heavy atom. The topological polar surface area (TPSA) is 82.9 Å². The van der Waals surface area contributed by atoms with E-state index in [9.17, 15) is 18.8 Å². The molecule has 2 amide bonds. The maximum absolute atomic E-state index is 14.2. The monoisotopic (exact) mass is 581 g/mol. The van der Waals surface area contributed by atoms with Gasteiger partial charge in [0.15, 0.2) is 0 Å². The Morgan fingerprint density at radius 2 is 1.60 bits per heavy atom. The number of nitrogens with one attached hydrogen (secondary N) is 1. The first-order valence-corrected chi connectivity index (χ1v) is 13.8. The molecule has 1 aromatic heterocycles. The van der Waals surface area contributed by atoms with Crippen LogP contribution < -0.4 is 15.8 Å². The molecule has 42 heavy (non-hydrogen) atoms. The van der Waals surface area contributed by atoms with Crippen LogP contribution in [0.25, 0.3) is 22.1 Å². The Labute approximate surface area is 245 Å². The van der Waals surface area contributed by atoms with Gasteiger partial charge in [-0.15, -0.1) is 0 Å². The van der Waals surface area contributed by atoms with Crippen molar-refractivity contribution >= 4 is 45.8 Å². The van der Waals surface area contributed by atoms with Crippen LogP contribution in [0.3, 0.4) is 0 Å². The van der Waals surface area contributed by atoms with E-state index >= 15 is 0 Å². The van der Waals surface area contributed by atoms with Crippen molar-refractivity contribution in [2.24, 2.45) is 0 Å². The summed E-state index contributed by atoms with van der Waals surface area (Å²) in [5.74, 6) is -1.27. The van der Waals surface area contributed by atoms with Gasteiger partial charge in [-0.1, -0.05) is 54.1 Å². The predicted octanol–water partition coefficient (Wildman–Crippen LogP) is 6.47. The SMILES string of the molecule is O=C(Nc1cc(Cl)ccc1N1CCN(C(=O)c2ccccc2F)CC1)c1cccc(-c2cc3ccccc3oc2=O)c1. The van der Waals surface area contributed by atoms with Gasteiger partial charge in [0.25, 0.3) is 11.8 Å². The lowest BCUT2D eigenvalue weighted by Gasteiger charge is -2.37. The number of carbonyl (C=O) groups is 2. The highest BCUT2D eigenvalue weighted by atomic mass is 35.5. The average Bonchev–Trinajstić information content (AvgIpc) is 3.01. The molecule has 4 aromatic carbocycles. The molecule has 9 heteroatoms. The first-order valence-electron chi connectivity index (χ1n) is 13.4. The third-order valence-electron chi connectivity index (χ3n) is 7.30. The summed E-state index contributed by atoms with van der Waals surface area (Å²) in [5.41, 5.74) is 2.58. The van der Waals surface area contributed by atoms with Crippen LogP contribution in [0, 0.1) is 5.82 Å². The smallest absolute Gasteiger partial charge is 0.344 e. The van der Waals surface area contributed by atoms with Crippen LogP contribution in [0.5, 0.6) is 0 Å². The van der Waals surface area contributed by atoms with E-state index in [-0.39, 0.29) is 17.4 Å². The normalized spacial score (nSPS) is 13.3. The Bertz CT molecular complexity index is 1880. The van der Waals surface area contributed by atoms with Crippen molar-refractivity contribution in [2.75, 3.05) is 36.4 Å². The van der Waals surface area contributed by atoms with Gasteiger partial charge in [0.05, 0.1) is 22.5 Å². The molecule has 0 saturated carbocycles. The van der Waals surface area contributed by atoms with Crippen LogP contribution in [0.15, 0.2) is 106 Å². The van der Waals surface area contributed by atoms with E-state index in [0.717, 1.165) is 11.1 Å². The number of halogens is 2. The zero-order valence-corrected chi connectivity index (χ0v) is 23.1. The van der Waals surface area contributed by atoms with E-state index in [4.69, 9.17) is 16.0 Å². The molecule has 210 valence electrons. The van der Waals surface area contributed by atoms with Gasteiger partial charge in [0, 0.05) is 42.2 Å². The number of piperazine rings is 1. The fraction of sp³-hybridized carbons (Fsp3) is 0.121. The molecule has 0 spiro atoms. The average molecular weight is 582 g/mol. The number of amides is 2. The summed E-state index contributed by atoms with van der Waals surface area (Å²) < 4.78 is 19.6. The zero-order chi connectivity index (χ0) is 29.2. The molecule has 5 aromatic rings. The van der Waals surface area contributed by atoms with Crippen molar-refractivity contribution in [3.05, 3.63) is 129 Å². The van der Waals surface area contributed by atoms with Gasteiger partial charge in [-0.3, -0.25) is 9.59 Å². The number of benzene rings is 4. The molecule has 0 unspecified atom stereocenters. The van der Waals surface area contributed by atoms with Gasteiger partial charge in [-0.2, -0.15) is 0 Å². The minimum atomic E-state index is -0.543. The number of fused-ring (bicyclic) bond motifs is 1. The van der Waals surface area contributed by atoms with Gasteiger partial charge in [-0.05, 0) is 60.2 Å². The summed E-state index contributed by atoms with van der Waals surface area (Å²) in [5, 5.41) is 4.19. The zero-order valence-electron chi connectivity index (χ0n) is 22.3. The number of hydrogen-bond acceptors (Lipinski definition) is 5. The second kappa shape index (κ2) is 11.5. The van der Waals surface area contributed by atoms with Crippen LogP contribution in [0.2, 0.25) is 5.02 Å². The number of para-hydroxylation sites is 1. The molecule has 1 aliphatic rings. The summed E-state index contributed by atoms with van der Waals surface area (Å²) in [6.45, 7) is 1.75. The van der Waals surface area contributed by atoms with Gasteiger partial charge >= 0.3 is 5.63 Å². The molecule has 1 saturated heterocycles. The van der Waals surface area contributed by atoms with Crippen LogP contribution in [-0.2, 0) is 0 Å². The van der Waals surface area contributed by atoms with Gasteiger partial charge in [-0.25, -0.2) is 9.18 Å². The molecule has 6 rings (SSSR count). The van der Waals surface area contributed by atoms with E-state index in [2.05, 4.69) is 5.32 Å². The summed E-state index contributed by atoms with van der Waals surface area (Å²) in [4.78, 5) is 42.6. The van der Waals surface area contributed by atoms with Crippen LogP contribution in [-0.4, -0.2) is 42.9 Å². The molecule has 0 radical (unpaired) electrons. The summed E-state index contributed by atoms with van der Waals surface area (Å²) in [6.07, 6.45) is 0. The fourth-order valence-corrected chi connectivity index (χ4v) is 5.30. The minimum Gasteiger partial charge on any atom is -0.422 e. The molecular weight excluding hydrogens is 557 g/mol. The van der Waals surface area contributed by atoms with Crippen LogP contribution >= 0.6 is 11.6 Å². The van der Waals surface area contributed by atoms with Crippen molar-refractivity contribution < 1.29 is 18.4 Å². The largest absolute Gasteiger partial charge is 0.422 e. The summed E-state index contributed by atoms with van der Waals surface area (Å²) in [6, 6.07) is 27.0. The lowest BCUT2D eigenvalue weighted by molar-refractivity contribution is 0.0742. The molecule has 2 heterocycles. The summed E-state index contributed by atoms with van der Waals surface area (Å²) >= 11 is 6.30. The van der Waals surface area contributed by atoms with Crippen LogP contribution in [0.1, 0.15) is 20.7 Å². The molecule has 1 N–H and O–H groups in total. The first kappa shape index (κ1) is 27.2. The van der Waals surface area contributed by atoms with Crippen LogP contribution in [0.4, 0.5) is 15.8 Å². The second-order valence-electron chi connectivity index (χ2n) is 9.94. The van der Waals surface area contributed by atoms with E-state index in [0.29, 0.717) is 59.2 Å². The Balaban J connectivity index is 1.20. The van der Waals surface area contributed by atoms with Gasteiger partial charge in [0.2, 0.25) is 0 Å². The molecular formula is C33H25ClFN3O4. The maximum Gasteiger partial charge on any atom is 0.344 e. The van der Waals surface area contributed by atoms with Crippen molar-refractivity contribution in [1.29, 1.82) is 0 Å². The molecule has 0 bridgehead atoms. The quantitative estimate of drug-likeness (QED) is 0.241. The minimum absolute atomic E-state index is 0.0501. The number of rotatable bonds is 5. The number of hydrogen-bond donors (Lipinski definition) is 1. The Morgan fingerprint density at radius 3 is 2.40 bits per heavy atom. The molecule has 0 atom stereocenters. The maximum atomic E-state index is 14.2. The van der Waals surface area contributed by atoms with Crippen molar-refractivity contribution in [1.82, 2.24) is 4.90 Å². The Kier molecular flexibility index (Phi) is 7.46. The highest BCUT2D eigenvalue weighted by Gasteiger charge is 2.25. The van der Waals surface area contributed by atoms with Crippen molar-refractivity contribution in [3.63, 3.8) is 0 Å². The number of carbonyl (C=O) groups excluding carboxylic acids is 2. The number of anilines is 2. The third-order valence-corrected chi connectivity index (χ3v) is 7.53. The summed E-state index contributed by atoms with van der Waals surface area (Å²) in [7, 11) is 0. The fourth-order valence-electron chi connectivity index (χ4n) is 5.13. The third kappa shape index (κ3) is 5.49. The predicted molar refractivity (Wildman–Crippen MR) is 162 cm³/mol. The Hall–Kier alpha value is -4.95. The highest BCUT2D eigenvalue weighted by molar-refractivity contribution is 6.31. The molecule has 7 nitrogen and oxygen atoms in total. The lowest BCUT2D eigenvalue weighted by Crippen LogP contribution is -2.49. The molecule has 1 fully saturated rings. The van der Waals surface area contributed by atoms with E-state index in [1.165, 1.54) is 12.1 Å². The highest BCUT2D eigenvalue weighted by Crippen LogP contribution is 2.31. The molecule has 0 aliphatic carbocycles. The standard InChI is InChI=1S/C33H25ClFN3O4/c34-24-12-13-29(37-14-16-38(17-15-37)32(40)25-9-2-3-10-27(25)35)28(20-24)36-31(39)23-8-5-7-21(18-23)26-19-22-6-1-4-11-30(22)42-33(26)41/h1-13,18-20H,14-17H2,(H,36,39). The van der Waals surface area contributed by atoms with Gasteiger partial charge in [0.1, 0.15) is 11.4 Å². The van der Waals surface area contributed by atoms with Gasteiger partial charge < -0.3 is 19.5 Å².